The van der Waals surface area contributed by atoms with Gasteiger partial charge in [-0.25, -0.2) is 9.78 Å². The maximum atomic E-state index is 11.8. The average Bonchev–Trinajstić information content (AvgIpc) is 2.98. The lowest BCUT2D eigenvalue weighted by molar-refractivity contribution is -0.384. The van der Waals surface area contributed by atoms with Crippen LogP contribution in [-0.2, 0) is 22.4 Å². The number of non-ortho nitro benzene ring substituents is 1. The highest BCUT2D eigenvalue weighted by Crippen LogP contribution is 2.27. The van der Waals surface area contributed by atoms with Crippen LogP contribution in [0.15, 0.2) is 24.3 Å². The number of aromatic nitrogens is 1. The summed E-state index contributed by atoms with van der Waals surface area (Å²) < 4.78 is 4.96. The van der Waals surface area contributed by atoms with Gasteiger partial charge >= 0.3 is 5.97 Å². The van der Waals surface area contributed by atoms with Crippen LogP contribution in [0.5, 0.6) is 0 Å². The summed E-state index contributed by atoms with van der Waals surface area (Å²) in [5, 5.41) is 11.3. The average molecular weight is 363 g/mol. The molecule has 25 heavy (non-hydrogen) atoms. The number of nitro benzene ring substituents is 1. The largest absolute Gasteiger partial charge is 0.465 e. The number of carbonyl (C=O) groups excluding carboxylic acids is 1. The van der Waals surface area contributed by atoms with Crippen molar-refractivity contribution in [2.75, 3.05) is 6.61 Å². The first-order chi connectivity index (χ1) is 12.0. The molecule has 1 aromatic heterocycles. The predicted molar refractivity (Wildman–Crippen MR) is 95.6 cm³/mol. The van der Waals surface area contributed by atoms with Crippen molar-refractivity contribution >= 4 is 23.0 Å². The van der Waals surface area contributed by atoms with Crippen molar-refractivity contribution in [2.24, 2.45) is 5.73 Å². The highest BCUT2D eigenvalue weighted by atomic mass is 32.1. The molecular formula is C17H21N3O4S. The maximum Gasteiger partial charge on any atom is 0.330 e. The molecule has 0 aliphatic carbocycles. The lowest BCUT2D eigenvalue weighted by Crippen LogP contribution is -2.23. The molecule has 0 spiro atoms. The Labute approximate surface area is 150 Å². The number of hydrogen-bond acceptors (Lipinski definition) is 7. The fraction of sp³-hybridized carbons (Fsp3) is 0.412. The van der Waals surface area contributed by atoms with Gasteiger partial charge in [0, 0.05) is 23.4 Å². The molecule has 0 saturated carbocycles. The molecule has 2 rings (SSSR count). The van der Waals surface area contributed by atoms with Crippen LogP contribution in [0.4, 0.5) is 5.69 Å². The maximum absolute atomic E-state index is 11.8. The monoisotopic (exact) mass is 363 g/mol. The second kappa shape index (κ2) is 8.68. The molecule has 0 aliphatic heterocycles. The third-order valence-electron chi connectivity index (χ3n) is 3.60. The van der Waals surface area contributed by atoms with Crippen molar-refractivity contribution in [3.63, 3.8) is 0 Å². The first-order valence-electron chi connectivity index (χ1n) is 8.10. The molecular weight excluding hydrogens is 342 g/mol. The number of hydrogen-bond donors (Lipinski definition) is 1. The van der Waals surface area contributed by atoms with Crippen LogP contribution in [0.2, 0.25) is 0 Å². The van der Waals surface area contributed by atoms with E-state index >= 15 is 0 Å². The van der Waals surface area contributed by atoms with Gasteiger partial charge in [-0.3, -0.25) is 10.1 Å². The molecule has 1 atom stereocenters. The standard InChI is InChI=1S/C17H21N3O4S/c1-3-5-13-14(10-11-6-8-12(9-7-11)20(22)23)25-16(19-13)15(18)17(21)24-4-2/h6-9,15H,3-5,10,18H2,1-2H3. The van der Waals surface area contributed by atoms with Crippen LogP contribution in [0.1, 0.15) is 47.5 Å². The fourth-order valence-corrected chi connectivity index (χ4v) is 3.50. The van der Waals surface area contributed by atoms with E-state index < -0.39 is 16.9 Å². The van der Waals surface area contributed by atoms with Crippen LogP contribution in [0.3, 0.4) is 0 Å². The number of nitrogens with two attached hydrogens (primary N) is 1. The van der Waals surface area contributed by atoms with E-state index in [0.717, 1.165) is 29.0 Å². The number of rotatable bonds is 8. The van der Waals surface area contributed by atoms with Gasteiger partial charge < -0.3 is 10.5 Å². The summed E-state index contributed by atoms with van der Waals surface area (Å²) >= 11 is 1.40. The minimum atomic E-state index is -0.883. The summed E-state index contributed by atoms with van der Waals surface area (Å²) in [6, 6.07) is 5.56. The molecule has 1 unspecified atom stereocenters. The van der Waals surface area contributed by atoms with Gasteiger partial charge in [0.2, 0.25) is 0 Å². The normalized spacial score (nSPS) is 12.0. The number of benzene rings is 1. The Morgan fingerprint density at radius 3 is 2.60 bits per heavy atom. The SMILES string of the molecule is CCCc1nc(C(N)C(=O)OCC)sc1Cc1ccc([N+](=O)[O-])cc1. The van der Waals surface area contributed by atoms with Crippen molar-refractivity contribution in [3.05, 3.63) is 55.5 Å². The number of carbonyl (C=O) groups is 1. The van der Waals surface area contributed by atoms with Crippen molar-refractivity contribution in [3.8, 4) is 0 Å². The van der Waals surface area contributed by atoms with Gasteiger partial charge in [-0.2, -0.15) is 0 Å². The molecule has 0 amide bonds. The first-order valence-corrected chi connectivity index (χ1v) is 8.91. The van der Waals surface area contributed by atoms with E-state index in [1.165, 1.54) is 23.5 Å². The minimum Gasteiger partial charge on any atom is -0.465 e. The van der Waals surface area contributed by atoms with Gasteiger partial charge in [0.15, 0.2) is 6.04 Å². The van der Waals surface area contributed by atoms with E-state index in [2.05, 4.69) is 11.9 Å². The molecule has 0 aliphatic rings. The molecule has 0 bridgehead atoms. The van der Waals surface area contributed by atoms with E-state index in [1.807, 2.05) is 0 Å². The summed E-state index contributed by atoms with van der Waals surface area (Å²) in [5.74, 6) is -0.485. The van der Waals surface area contributed by atoms with Crippen LogP contribution in [0.25, 0.3) is 0 Å². The van der Waals surface area contributed by atoms with Gasteiger partial charge in [0.05, 0.1) is 17.2 Å². The topological polar surface area (TPSA) is 108 Å². The molecule has 8 heteroatoms. The van der Waals surface area contributed by atoms with E-state index in [0.29, 0.717) is 11.4 Å². The van der Waals surface area contributed by atoms with Gasteiger partial charge in [-0.15, -0.1) is 11.3 Å². The van der Waals surface area contributed by atoms with Crippen LogP contribution in [-0.4, -0.2) is 22.5 Å². The number of aryl methyl sites for hydroxylation is 1. The van der Waals surface area contributed by atoms with E-state index in [9.17, 15) is 14.9 Å². The minimum absolute atomic E-state index is 0.0619. The number of ether oxygens (including phenoxy) is 1. The van der Waals surface area contributed by atoms with Gasteiger partial charge in [-0.05, 0) is 18.9 Å². The third kappa shape index (κ3) is 4.83. The first kappa shape index (κ1) is 19.0. The molecule has 7 nitrogen and oxygen atoms in total. The lowest BCUT2D eigenvalue weighted by Gasteiger charge is -2.06. The van der Waals surface area contributed by atoms with Gasteiger partial charge in [0.25, 0.3) is 5.69 Å². The highest BCUT2D eigenvalue weighted by molar-refractivity contribution is 7.12. The zero-order chi connectivity index (χ0) is 18.4. The van der Waals surface area contributed by atoms with E-state index in [4.69, 9.17) is 10.5 Å². The number of esters is 1. The third-order valence-corrected chi connectivity index (χ3v) is 4.78. The summed E-state index contributed by atoms with van der Waals surface area (Å²) in [4.78, 5) is 27.7. The Morgan fingerprint density at radius 1 is 1.36 bits per heavy atom. The molecule has 0 radical (unpaired) electrons. The zero-order valence-corrected chi connectivity index (χ0v) is 15.0. The number of thiazole rings is 1. The molecule has 134 valence electrons. The Balaban J connectivity index is 2.23. The van der Waals surface area contributed by atoms with Crippen molar-refractivity contribution in [1.29, 1.82) is 0 Å². The zero-order valence-electron chi connectivity index (χ0n) is 14.2. The number of nitro groups is 1. The summed E-state index contributed by atoms with van der Waals surface area (Å²) in [7, 11) is 0. The quantitative estimate of drug-likeness (QED) is 0.438. The Hall–Kier alpha value is -2.32. The molecule has 1 aromatic carbocycles. The van der Waals surface area contributed by atoms with Crippen molar-refractivity contribution < 1.29 is 14.5 Å². The molecule has 0 fully saturated rings. The molecule has 1 heterocycles. The predicted octanol–water partition coefficient (Wildman–Crippen LogP) is 3.16. The lowest BCUT2D eigenvalue weighted by atomic mass is 10.1. The Morgan fingerprint density at radius 2 is 2.04 bits per heavy atom. The Kier molecular flexibility index (Phi) is 6.60. The summed E-state index contributed by atoms with van der Waals surface area (Å²) in [6.45, 7) is 4.06. The Bertz CT molecular complexity index is 743. The van der Waals surface area contributed by atoms with E-state index in [-0.39, 0.29) is 12.3 Å². The van der Waals surface area contributed by atoms with Crippen molar-refractivity contribution in [2.45, 2.75) is 39.2 Å². The number of nitrogens with zero attached hydrogens (tertiary/aromatic N) is 2. The van der Waals surface area contributed by atoms with Gasteiger partial charge in [-0.1, -0.05) is 25.5 Å². The molecule has 2 N–H and O–H groups in total. The second-order valence-electron chi connectivity index (χ2n) is 5.50. The summed E-state index contributed by atoms with van der Waals surface area (Å²) in [6.07, 6.45) is 2.31. The van der Waals surface area contributed by atoms with Crippen LogP contribution in [0, 0.1) is 10.1 Å². The van der Waals surface area contributed by atoms with Crippen molar-refractivity contribution in [1.82, 2.24) is 4.98 Å². The fourth-order valence-electron chi connectivity index (χ4n) is 2.36. The van der Waals surface area contributed by atoms with Gasteiger partial charge in [0.1, 0.15) is 5.01 Å². The summed E-state index contributed by atoms with van der Waals surface area (Å²) in [5.41, 5.74) is 7.87. The molecule has 0 saturated heterocycles. The smallest absolute Gasteiger partial charge is 0.330 e. The van der Waals surface area contributed by atoms with Crippen LogP contribution < -0.4 is 5.73 Å². The van der Waals surface area contributed by atoms with Crippen LogP contribution >= 0.6 is 11.3 Å². The molecule has 2 aromatic rings. The van der Waals surface area contributed by atoms with E-state index in [1.54, 1.807) is 19.1 Å². The second-order valence-corrected chi connectivity index (χ2v) is 6.62. The highest BCUT2D eigenvalue weighted by Gasteiger charge is 2.23.